The van der Waals surface area contributed by atoms with Gasteiger partial charge in [0.15, 0.2) is 0 Å². The third kappa shape index (κ3) is 2.29. The van der Waals surface area contributed by atoms with Crippen LogP contribution in [0.15, 0.2) is 0 Å². The molecule has 0 bridgehead atoms. The Labute approximate surface area is 87.4 Å². The molecule has 1 saturated heterocycles. The Hall–Kier alpha value is -0.0800. The maximum absolute atomic E-state index is 5.39. The summed E-state index contributed by atoms with van der Waals surface area (Å²) in [6, 6.07) is 1.34. The zero-order valence-corrected chi connectivity index (χ0v) is 9.68. The molecule has 2 aliphatic rings. The summed E-state index contributed by atoms with van der Waals surface area (Å²) in [5.74, 6) is 0.825. The maximum atomic E-state index is 5.39. The molecule has 2 heteroatoms. The Bertz CT molecular complexity index is 196. The molecule has 1 heterocycles. The highest BCUT2D eigenvalue weighted by Gasteiger charge is 2.37. The summed E-state index contributed by atoms with van der Waals surface area (Å²) in [6.07, 6.45) is 3.88. The molecule has 2 fully saturated rings. The highest BCUT2D eigenvalue weighted by atomic mass is 16.5. The Balaban J connectivity index is 1.86. The van der Waals surface area contributed by atoms with Crippen LogP contribution in [-0.4, -0.2) is 25.3 Å². The van der Waals surface area contributed by atoms with Crippen LogP contribution in [0.2, 0.25) is 0 Å². The van der Waals surface area contributed by atoms with Gasteiger partial charge in [0.2, 0.25) is 0 Å². The van der Waals surface area contributed by atoms with E-state index in [0.29, 0.717) is 11.5 Å². The molecule has 1 N–H and O–H groups in total. The molecule has 0 aromatic rings. The van der Waals surface area contributed by atoms with Gasteiger partial charge < -0.3 is 10.1 Å². The van der Waals surface area contributed by atoms with Crippen LogP contribution < -0.4 is 5.32 Å². The first-order chi connectivity index (χ1) is 6.57. The standard InChI is InChI=1S/C12H23NO/c1-9-6-12(2,3)7-11(9)13-10-4-5-14-8-10/h9-11,13H,4-8H2,1-3H3. The molecular formula is C12H23NO. The van der Waals surface area contributed by atoms with Gasteiger partial charge in [-0.15, -0.1) is 0 Å². The molecule has 0 radical (unpaired) electrons. The van der Waals surface area contributed by atoms with Crippen LogP contribution in [0.1, 0.15) is 40.0 Å². The van der Waals surface area contributed by atoms with Gasteiger partial charge in [0.25, 0.3) is 0 Å². The first-order valence-electron chi connectivity index (χ1n) is 5.91. The van der Waals surface area contributed by atoms with Gasteiger partial charge in [0, 0.05) is 18.7 Å². The van der Waals surface area contributed by atoms with E-state index in [2.05, 4.69) is 26.1 Å². The lowest BCUT2D eigenvalue weighted by Gasteiger charge is -2.22. The molecule has 3 atom stereocenters. The SMILES string of the molecule is CC1CC(C)(C)CC1NC1CCOC1. The van der Waals surface area contributed by atoms with E-state index in [0.717, 1.165) is 25.2 Å². The van der Waals surface area contributed by atoms with Crippen LogP contribution in [-0.2, 0) is 4.74 Å². The summed E-state index contributed by atoms with van der Waals surface area (Å²) in [6.45, 7) is 9.01. The summed E-state index contributed by atoms with van der Waals surface area (Å²) in [5.41, 5.74) is 0.538. The van der Waals surface area contributed by atoms with Crippen LogP contribution in [0.4, 0.5) is 0 Å². The van der Waals surface area contributed by atoms with Gasteiger partial charge >= 0.3 is 0 Å². The van der Waals surface area contributed by atoms with Crippen LogP contribution in [0.5, 0.6) is 0 Å². The van der Waals surface area contributed by atoms with E-state index in [1.807, 2.05) is 0 Å². The molecule has 14 heavy (non-hydrogen) atoms. The van der Waals surface area contributed by atoms with E-state index in [4.69, 9.17) is 4.74 Å². The predicted octanol–water partition coefficient (Wildman–Crippen LogP) is 2.19. The third-order valence-corrected chi connectivity index (χ3v) is 3.71. The predicted molar refractivity (Wildman–Crippen MR) is 58.3 cm³/mol. The van der Waals surface area contributed by atoms with Crippen LogP contribution in [0, 0.1) is 11.3 Å². The van der Waals surface area contributed by atoms with Gasteiger partial charge in [-0.2, -0.15) is 0 Å². The number of hydrogen-bond acceptors (Lipinski definition) is 2. The molecule has 0 aromatic carbocycles. The second-order valence-corrected chi connectivity index (χ2v) is 5.88. The average molecular weight is 197 g/mol. The molecule has 82 valence electrons. The van der Waals surface area contributed by atoms with Crippen molar-refractivity contribution in [2.24, 2.45) is 11.3 Å². The molecule has 1 aliphatic carbocycles. The van der Waals surface area contributed by atoms with Crippen molar-refractivity contribution in [2.75, 3.05) is 13.2 Å². The summed E-state index contributed by atoms with van der Waals surface area (Å²) >= 11 is 0. The summed E-state index contributed by atoms with van der Waals surface area (Å²) < 4.78 is 5.39. The first kappa shape index (κ1) is 10.4. The molecule has 3 unspecified atom stereocenters. The summed E-state index contributed by atoms with van der Waals surface area (Å²) in [7, 11) is 0. The lowest BCUT2D eigenvalue weighted by Crippen LogP contribution is -2.40. The molecule has 0 aromatic heterocycles. The van der Waals surface area contributed by atoms with Crippen molar-refractivity contribution in [3.63, 3.8) is 0 Å². The number of nitrogens with one attached hydrogen (secondary N) is 1. The monoisotopic (exact) mass is 197 g/mol. The first-order valence-corrected chi connectivity index (χ1v) is 5.91. The fraction of sp³-hybridized carbons (Fsp3) is 1.00. The van der Waals surface area contributed by atoms with Crippen LogP contribution >= 0.6 is 0 Å². The third-order valence-electron chi connectivity index (χ3n) is 3.71. The smallest absolute Gasteiger partial charge is 0.0620 e. The zero-order chi connectivity index (χ0) is 10.2. The van der Waals surface area contributed by atoms with Crippen molar-refractivity contribution in [2.45, 2.75) is 52.1 Å². The normalized spacial score (nSPS) is 41.8. The van der Waals surface area contributed by atoms with Crippen molar-refractivity contribution >= 4 is 0 Å². The van der Waals surface area contributed by atoms with Gasteiger partial charge in [0.1, 0.15) is 0 Å². The fourth-order valence-electron chi connectivity index (χ4n) is 3.09. The molecule has 1 saturated carbocycles. The van der Waals surface area contributed by atoms with Gasteiger partial charge in [-0.05, 0) is 30.6 Å². The van der Waals surface area contributed by atoms with Gasteiger partial charge in [0.05, 0.1) is 6.61 Å². The summed E-state index contributed by atoms with van der Waals surface area (Å²) in [4.78, 5) is 0. The fourth-order valence-corrected chi connectivity index (χ4v) is 3.09. The lowest BCUT2D eigenvalue weighted by molar-refractivity contribution is 0.186. The van der Waals surface area contributed by atoms with E-state index in [1.54, 1.807) is 0 Å². The highest BCUT2D eigenvalue weighted by Crippen LogP contribution is 2.41. The largest absolute Gasteiger partial charge is 0.380 e. The van der Waals surface area contributed by atoms with Crippen molar-refractivity contribution in [3.05, 3.63) is 0 Å². The minimum atomic E-state index is 0.538. The number of ether oxygens (including phenoxy) is 1. The lowest BCUT2D eigenvalue weighted by atomic mass is 9.91. The average Bonchev–Trinajstić information content (AvgIpc) is 2.61. The van der Waals surface area contributed by atoms with Crippen molar-refractivity contribution in [3.8, 4) is 0 Å². The Morgan fingerprint density at radius 2 is 2.07 bits per heavy atom. The Morgan fingerprint density at radius 3 is 2.57 bits per heavy atom. The van der Waals surface area contributed by atoms with Crippen molar-refractivity contribution in [1.29, 1.82) is 0 Å². The van der Waals surface area contributed by atoms with Crippen LogP contribution in [0.3, 0.4) is 0 Å². The molecule has 0 spiro atoms. The highest BCUT2D eigenvalue weighted by molar-refractivity contribution is 4.93. The van der Waals surface area contributed by atoms with E-state index in [-0.39, 0.29) is 0 Å². The Morgan fingerprint density at radius 1 is 1.29 bits per heavy atom. The quantitative estimate of drug-likeness (QED) is 0.732. The number of rotatable bonds is 2. The molecule has 2 nitrogen and oxygen atoms in total. The van der Waals surface area contributed by atoms with Crippen LogP contribution in [0.25, 0.3) is 0 Å². The molecule has 0 amide bonds. The number of hydrogen-bond donors (Lipinski definition) is 1. The van der Waals surface area contributed by atoms with Gasteiger partial charge in [-0.25, -0.2) is 0 Å². The second kappa shape index (κ2) is 3.82. The summed E-state index contributed by atoms with van der Waals surface area (Å²) in [5, 5.41) is 3.76. The minimum absolute atomic E-state index is 0.538. The minimum Gasteiger partial charge on any atom is -0.380 e. The van der Waals surface area contributed by atoms with Gasteiger partial charge in [-0.1, -0.05) is 20.8 Å². The maximum Gasteiger partial charge on any atom is 0.0620 e. The van der Waals surface area contributed by atoms with E-state index >= 15 is 0 Å². The van der Waals surface area contributed by atoms with E-state index in [9.17, 15) is 0 Å². The second-order valence-electron chi connectivity index (χ2n) is 5.88. The topological polar surface area (TPSA) is 21.3 Å². The molecule has 2 rings (SSSR count). The van der Waals surface area contributed by atoms with Crippen molar-refractivity contribution < 1.29 is 4.74 Å². The van der Waals surface area contributed by atoms with Gasteiger partial charge in [-0.3, -0.25) is 0 Å². The molecule has 1 aliphatic heterocycles. The molecular weight excluding hydrogens is 174 g/mol. The van der Waals surface area contributed by atoms with E-state index < -0.39 is 0 Å². The van der Waals surface area contributed by atoms with E-state index in [1.165, 1.54) is 19.3 Å². The zero-order valence-electron chi connectivity index (χ0n) is 9.68. The Kier molecular flexibility index (Phi) is 2.85. The van der Waals surface area contributed by atoms with Crippen molar-refractivity contribution in [1.82, 2.24) is 5.32 Å².